The molecule has 2 aliphatic rings. The summed E-state index contributed by atoms with van der Waals surface area (Å²) in [5.41, 5.74) is 2.22. The third-order valence-electron chi connectivity index (χ3n) is 6.13. The Labute approximate surface area is 179 Å². The lowest BCUT2D eigenvalue weighted by molar-refractivity contribution is -0.122. The molecule has 1 N–H and O–H groups in total. The molecule has 2 aromatic rings. The Morgan fingerprint density at radius 1 is 1.00 bits per heavy atom. The van der Waals surface area contributed by atoms with Gasteiger partial charge in [0.25, 0.3) is 0 Å². The predicted molar refractivity (Wildman–Crippen MR) is 119 cm³/mol. The van der Waals surface area contributed by atoms with E-state index in [4.69, 9.17) is 9.47 Å². The van der Waals surface area contributed by atoms with Crippen molar-refractivity contribution >= 4 is 11.6 Å². The first-order valence-electron chi connectivity index (χ1n) is 11.2. The minimum absolute atomic E-state index is 0.0571. The Hall–Kier alpha value is -2.69. The molecule has 4 rings (SSSR count). The molecule has 1 aliphatic heterocycles. The average molecular weight is 409 g/mol. The number of likely N-dealkylation sites (N-methyl/N-ethyl adjacent to an activating group) is 1. The van der Waals surface area contributed by atoms with E-state index in [-0.39, 0.29) is 17.9 Å². The quantitative estimate of drug-likeness (QED) is 0.698. The third kappa shape index (κ3) is 4.89. The lowest BCUT2D eigenvalue weighted by atomic mass is 9.96. The van der Waals surface area contributed by atoms with Crippen LogP contribution in [0.3, 0.4) is 0 Å². The summed E-state index contributed by atoms with van der Waals surface area (Å²) in [6.45, 7) is 6.38. The fourth-order valence-electron chi connectivity index (χ4n) is 3.98. The summed E-state index contributed by atoms with van der Waals surface area (Å²) in [5.74, 6) is 1.73. The number of anilines is 1. The summed E-state index contributed by atoms with van der Waals surface area (Å²) in [5, 5.41) is 2.87. The fraction of sp³-hybridized carbons (Fsp3) is 0.480. The maximum Gasteiger partial charge on any atom is 0.227 e. The molecule has 0 radical (unpaired) electrons. The van der Waals surface area contributed by atoms with Gasteiger partial charge in [-0.05, 0) is 75.1 Å². The summed E-state index contributed by atoms with van der Waals surface area (Å²) in [6, 6.07) is 16.4. The van der Waals surface area contributed by atoms with E-state index in [1.165, 1.54) is 24.9 Å². The first kappa shape index (κ1) is 20.6. The summed E-state index contributed by atoms with van der Waals surface area (Å²) in [6.07, 6.45) is 5.22. The molecule has 0 bridgehead atoms. The maximum atomic E-state index is 12.0. The van der Waals surface area contributed by atoms with Gasteiger partial charge in [0, 0.05) is 25.2 Å². The number of nitrogens with zero attached hydrogens (tertiary/aromatic N) is 1. The van der Waals surface area contributed by atoms with Gasteiger partial charge in [-0.15, -0.1) is 0 Å². The SMILES string of the molecule is CCNC(=O)C(C)c1ccc(OC2CCN(c3ccc(OC4CCC4)cc3)C2)cc1. The molecule has 0 aromatic heterocycles. The average Bonchev–Trinajstić information content (AvgIpc) is 3.20. The van der Waals surface area contributed by atoms with E-state index >= 15 is 0 Å². The van der Waals surface area contributed by atoms with Crippen LogP contribution in [-0.2, 0) is 4.79 Å². The van der Waals surface area contributed by atoms with E-state index in [9.17, 15) is 4.79 Å². The van der Waals surface area contributed by atoms with Gasteiger partial charge < -0.3 is 19.7 Å². The van der Waals surface area contributed by atoms with Gasteiger partial charge in [0.05, 0.1) is 18.6 Å². The summed E-state index contributed by atoms with van der Waals surface area (Å²) in [4.78, 5) is 14.4. The summed E-state index contributed by atoms with van der Waals surface area (Å²) >= 11 is 0. The van der Waals surface area contributed by atoms with Crippen LogP contribution in [0.4, 0.5) is 5.69 Å². The minimum atomic E-state index is -0.155. The van der Waals surface area contributed by atoms with E-state index in [1.54, 1.807) is 0 Å². The monoisotopic (exact) mass is 408 g/mol. The van der Waals surface area contributed by atoms with Crippen LogP contribution in [0.1, 0.15) is 51.0 Å². The Balaban J connectivity index is 1.28. The van der Waals surface area contributed by atoms with E-state index in [0.717, 1.165) is 36.6 Å². The van der Waals surface area contributed by atoms with Crippen LogP contribution >= 0.6 is 0 Å². The Morgan fingerprint density at radius 3 is 2.23 bits per heavy atom. The number of hydrogen-bond acceptors (Lipinski definition) is 4. The van der Waals surface area contributed by atoms with E-state index in [2.05, 4.69) is 34.5 Å². The van der Waals surface area contributed by atoms with Crippen LogP contribution in [-0.4, -0.2) is 37.7 Å². The Kier molecular flexibility index (Phi) is 6.46. The number of rotatable bonds is 8. The third-order valence-corrected chi connectivity index (χ3v) is 6.13. The zero-order valence-electron chi connectivity index (χ0n) is 18.0. The second-order valence-corrected chi connectivity index (χ2v) is 8.32. The van der Waals surface area contributed by atoms with Crippen molar-refractivity contribution in [1.82, 2.24) is 5.32 Å². The van der Waals surface area contributed by atoms with Gasteiger partial charge in [-0.2, -0.15) is 0 Å². The lowest BCUT2D eigenvalue weighted by Crippen LogP contribution is -2.27. The number of benzene rings is 2. The molecule has 0 spiro atoms. The van der Waals surface area contributed by atoms with Crippen molar-refractivity contribution < 1.29 is 14.3 Å². The number of amides is 1. The van der Waals surface area contributed by atoms with Gasteiger partial charge in [-0.25, -0.2) is 0 Å². The molecular weight excluding hydrogens is 376 g/mol. The van der Waals surface area contributed by atoms with Crippen molar-refractivity contribution in [3.8, 4) is 11.5 Å². The molecule has 1 heterocycles. The van der Waals surface area contributed by atoms with Crippen molar-refractivity contribution in [1.29, 1.82) is 0 Å². The Bertz CT molecular complexity index is 830. The van der Waals surface area contributed by atoms with Gasteiger partial charge in [0.15, 0.2) is 0 Å². The molecular formula is C25H32N2O3. The van der Waals surface area contributed by atoms with Gasteiger partial charge in [0.2, 0.25) is 5.91 Å². The highest BCUT2D eigenvalue weighted by atomic mass is 16.5. The molecule has 1 saturated carbocycles. The van der Waals surface area contributed by atoms with Gasteiger partial charge in [0.1, 0.15) is 17.6 Å². The van der Waals surface area contributed by atoms with Crippen LogP contribution in [0.5, 0.6) is 11.5 Å². The van der Waals surface area contributed by atoms with Crippen molar-refractivity contribution in [2.75, 3.05) is 24.5 Å². The van der Waals surface area contributed by atoms with Crippen LogP contribution in [0, 0.1) is 0 Å². The highest BCUT2D eigenvalue weighted by Gasteiger charge is 2.25. The molecule has 160 valence electrons. The predicted octanol–water partition coefficient (Wildman–Crippen LogP) is 4.52. The van der Waals surface area contributed by atoms with Crippen molar-refractivity contribution in [3.05, 3.63) is 54.1 Å². The zero-order chi connectivity index (χ0) is 20.9. The van der Waals surface area contributed by atoms with Crippen molar-refractivity contribution in [3.63, 3.8) is 0 Å². The number of carbonyl (C=O) groups excluding carboxylic acids is 1. The first-order valence-corrected chi connectivity index (χ1v) is 11.2. The molecule has 1 saturated heterocycles. The minimum Gasteiger partial charge on any atom is -0.490 e. The van der Waals surface area contributed by atoms with Gasteiger partial charge in [-0.3, -0.25) is 4.79 Å². The van der Waals surface area contributed by atoms with E-state index in [0.29, 0.717) is 12.6 Å². The second kappa shape index (κ2) is 9.41. The molecule has 30 heavy (non-hydrogen) atoms. The van der Waals surface area contributed by atoms with E-state index in [1.807, 2.05) is 38.1 Å². The molecule has 2 aromatic carbocycles. The summed E-state index contributed by atoms with van der Waals surface area (Å²) < 4.78 is 12.2. The number of carbonyl (C=O) groups is 1. The van der Waals surface area contributed by atoms with Gasteiger partial charge in [-0.1, -0.05) is 12.1 Å². The zero-order valence-corrected chi connectivity index (χ0v) is 18.0. The second-order valence-electron chi connectivity index (χ2n) is 8.32. The molecule has 2 atom stereocenters. The van der Waals surface area contributed by atoms with Crippen LogP contribution in [0.15, 0.2) is 48.5 Å². The number of nitrogens with one attached hydrogen (secondary N) is 1. The molecule has 1 amide bonds. The maximum absolute atomic E-state index is 12.0. The van der Waals surface area contributed by atoms with Crippen LogP contribution < -0.4 is 19.7 Å². The molecule has 2 fully saturated rings. The molecule has 5 nitrogen and oxygen atoms in total. The largest absolute Gasteiger partial charge is 0.490 e. The van der Waals surface area contributed by atoms with Crippen molar-refractivity contribution in [2.45, 2.75) is 57.7 Å². The Morgan fingerprint density at radius 2 is 1.63 bits per heavy atom. The smallest absolute Gasteiger partial charge is 0.227 e. The van der Waals surface area contributed by atoms with Crippen molar-refractivity contribution in [2.24, 2.45) is 0 Å². The van der Waals surface area contributed by atoms with E-state index < -0.39 is 0 Å². The first-order chi connectivity index (χ1) is 14.6. The van der Waals surface area contributed by atoms with Gasteiger partial charge >= 0.3 is 0 Å². The fourth-order valence-corrected chi connectivity index (χ4v) is 3.98. The molecule has 2 unspecified atom stereocenters. The number of hydrogen-bond donors (Lipinski definition) is 1. The topological polar surface area (TPSA) is 50.8 Å². The highest BCUT2D eigenvalue weighted by Crippen LogP contribution is 2.29. The number of ether oxygens (including phenoxy) is 2. The molecule has 1 aliphatic carbocycles. The highest BCUT2D eigenvalue weighted by molar-refractivity contribution is 5.83. The summed E-state index contributed by atoms with van der Waals surface area (Å²) in [7, 11) is 0. The van der Waals surface area contributed by atoms with Crippen LogP contribution in [0.25, 0.3) is 0 Å². The lowest BCUT2D eigenvalue weighted by Gasteiger charge is -2.26. The van der Waals surface area contributed by atoms with Crippen LogP contribution in [0.2, 0.25) is 0 Å². The molecule has 5 heteroatoms. The standard InChI is InChI=1S/C25H32N2O3/c1-3-26-25(28)18(2)19-7-11-22(12-8-19)30-24-15-16-27(17-24)20-9-13-23(14-10-20)29-21-5-4-6-21/h7-14,18,21,24H,3-6,15-17H2,1-2H3,(H,26,28). The normalized spacial score (nSPS) is 19.8.